The van der Waals surface area contributed by atoms with Gasteiger partial charge in [0.25, 0.3) is 0 Å². The summed E-state index contributed by atoms with van der Waals surface area (Å²) in [6.07, 6.45) is 0.614. The van der Waals surface area contributed by atoms with Crippen molar-refractivity contribution >= 4 is 22.5 Å². The molecule has 172 valence electrons. The van der Waals surface area contributed by atoms with Crippen LogP contribution in [0.1, 0.15) is 22.9 Å². The van der Waals surface area contributed by atoms with Crippen molar-refractivity contribution in [1.82, 2.24) is 9.97 Å². The molecule has 0 bridgehead atoms. The molecule has 0 saturated carbocycles. The molecule has 3 N–H and O–H groups in total. The van der Waals surface area contributed by atoms with Crippen molar-refractivity contribution in [3.8, 4) is 17.0 Å². The van der Waals surface area contributed by atoms with Crippen LogP contribution in [0.4, 0.5) is 5.82 Å². The van der Waals surface area contributed by atoms with E-state index in [1.807, 2.05) is 60.7 Å². The average molecular weight is 462 g/mol. The van der Waals surface area contributed by atoms with Gasteiger partial charge in [-0.15, -0.1) is 0 Å². The Morgan fingerprint density at radius 3 is 2.34 bits per heavy atom. The van der Waals surface area contributed by atoms with E-state index in [1.165, 1.54) is 0 Å². The average Bonchev–Trinajstić information content (AvgIpc) is 2.89. The van der Waals surface area contributed by atoms with Crippen molar-refractivity contribution in [2.24, 2.45) is 0 Å². The first-order valence-electron chi connectivity index (χ1n) is 11.2. The maximum Gasteiger partial charge on any atom is 0.229 e. The topological polar surface area (TPSA) is 95.3 Å². The SMILES string of the molecule is O=C(Cc1ccc2ccccc2c1)Nc1ncc(-c2ccc(O)cc2)nc1C(O)c1ccccc1. The summed E-state index contributed by atoms with van der Waals surface area (Å²) < 4.78 is 0. The smallest absolute Gasteiger partial charge is 0.229 e. The van der Waals surface area contributed by atoms with Gasteiger partial charge in [-0.25, -0.2) is 9.97 Å². The minimum atomic E-state index is -1.09. The number of carbonyl (C=O) groups excluding carboxylic acids is 1. The Morgan fingerprint density at radius 1 is 0.857 bits per heavy atom. The molecule has 0 aliphatic rings. The number of aliphatic hydroxyl groups is 1. The molecule has 5 rings (SSSR count). The number of nitrogens with one attached hydrogen (secondary N) is 1. The molecule has 0 radical (unpaired) electrons. The molecule has 0 aliphatic carbocycles. The Bertz CT molecular complexity index is 1480. The Labute approximate surface area is 202 Å². The summed E-state index contributed by atoms with van der Waals surface area (Å²) in [6.45, 7) is 0. The predicted octanol–water partition coefficient (Wildman–Crippen LogP) is 5.27. The first-order chi connectivity index (χ1) is 17.1. The number of nitrogens with zero attached hydrogens (tertiary/aromatic N) is 2. The van der Waals surface area contributed by atoms with Gasteiger partial charge in [0.1, 0.15) is 17.5 Å². The van der Waals surface area contributed by atoms with Crippen molar-refractivity contribution < 1.29 is 15.0 Å². The molecule has 5 aromatic rings. The minimum Gasteiger partial charge on any atom is -0.508 e. The van der Waals surface area contributed by atoms with E-state index in [9.17, 15) is 15.0 Å². The van der Waals surface area contributed by atoms with Crippen molar-refractivity contribution in [3.63, 3.8) is 0 Å². The number of carbonyl (C=O) groups is 1. The van der Waals surface area contributed by atoms with Crippen molar-refractivity contribution in [3.05, 3.63) is 120 Å². The van der Waals surface area contributed by atoms with Crippen LogP contribution in [0.15, 0.2) is 103 Å². The minimum absolute atomic E-state index is 0.142. The Kier molecular flexibility index (Phi) is 6.20. The lowest BCUT2D eigenvalue weighted by atomic mass is 10.0. The predicted molar refractivity (Wildman–Crippen MR) is 136 cm³/mol. The maximum absolute atomic E-state index is 12.9. The highest BCUT2D eigenvalue weighted by Crippen LogP contribution is 2.29. The molecule has 1 aromatic heterocycles. The molecule has 6 nitrogen and oxygen atoms in total. The van der Waals surface area contributed by atoms with Gasteiger partial charge >= 0.3 is 0 Å². The third-order valence-corrected chi connectivity index (χ3v) is 5.77. The van der Waals surface area contributed by atoms with E-state index in [0.29, 0.717) is 11.3 Å². The number of hydrogen-bond acceptors (Lipinski definition) is 5. The highest BCUT2D eigenvalue weighted by Gasteiger charge is 2.20. The zero-order valence-corrected chi connectivity index (χ0v) is 18.8. The van der Waals surface area contributed by atoms with Crippen LogP contribution in [0.2, 0.25) is 0 Å². The number of anilines is 1. The van der Waals surface area contributed by atoms with Crippen LogP contribution in [-0.2, 0) is 11.2 Å². The van der Waals surface area contributed by atoms with Crippen LogP contribution < -0.4 is 5.32 Å². The Morgan fingerprint density at radius 2 is 1.57 bits per heavy atom. The van der Waals surface area contributed by atoms with Gasteiger partial charge in [0.15, 0.2) is 5.82 Å². The molecule has 0 spiro atoms. The van der Waals surface area contributed by atoms with E-state index >= 15 is 0 Å². The normalized spacial score (nSPS) is 11.8. The van der Waals surface area contributed by atoms with Crippen LogP contribution in [0.25, 0.3) is 22.0 Å². The Balaban J connectivity index is 1.45. The van der Waals surface area contributed by atoms with Crippen molar-refractivity contribution in [2.75, 3.05) is 5.32 Å². The largest absolute Gasteiger partial charge is 0.508 e. The summed E-state index contributed by atoms with van der Waals surface area (Å²) in [4.78, 5) is 22.0. The third kappa shape index (κ3) is 5.03. The summed E-state index contributed by atoms with van der Waals surface area (Å²) in [5.74, 6) is 0.0898. The van der Waals surface area contributed by atoms with E-state index in [0.717, 1.165) is 21.9 Å². The summed E-state index contributed by atoms with van der Waals surface area (Å²) in [7, 11) is 0. The number of amides is 1. The number of phenols is 1. The molecule has 4 aromatic carbocycles. The number of aliphatic hydroxyl groups excluding tert-OH is 1. The Hall–Kier alpha value is -4.55. The van der Waals surface area contributed by atoms with Gasteiger partial charge in [-0.2, -0.15) is 0 Å². The molecule has 1 amide bonds. The third-order valence-electron chi connectivity index (χ3n) is 5.77. The second-order valence-electron chi connectivity index (χ2n) is 8.26. The summed E-state index contributed by atoms with van der Waals surface area (Å²) in [6, 6.07) is 29.6. The number of aromatic hydroxyl groups is 1. The van der Waals surface area contributed by atoms with Crippen LogP contribution in [-0.4, -0.2) is 26.1 Å². The summed E-state index contributed by atoms with van der Waals surface area (Å²) in [5.41, 5.74) is 3.00. The molecular weight excluding hydrogens is 438 g/mol. The number of fused-ring (bicyclic) bond motifs is 1. The zero-order valence-electron chi connectivity index (χ0n) is 18.8. The molecule has 35 heavy (non-hydrogen) atoms. The van der Waals surface area contributed by atoms with Gasteiger partial charge in [0.05, 0.1) is 18.3 Å². The van der Waals surface area contributed by atoms with Gasteiger partial charge in [-0.3, -0.25) is 4.79 Å². The number of hydrogen-bond donors (Lipinski definition) is 3. The fourth-order valence-electron chi connectivity index (χ4n) is 3.97. The molecule has 1 unspecified atom stereocenters. The lowest BCUT2D eigenvalue weighted by Gasteiger charge is -2.16. The van der Waals surface area contributed by atoms with Gasteiger partial charge < -0.3 is 15.5 Å². The summed E-state index contributed by atoms with van der Waals surface area (Å²) in [5, 5.41) is 25.7. The number of aromatic nitrogens is 2. The molecular formula is C29H23N3O3. The molecule has 1 atom stereocenters. The number of rotatable bonds is 6. The number of benzene rings is 4. The van der Waals surface area contributed by atoms with Crippen LogP contribution >= 0.6 is 0 Å². The van der Waals surface area contributed by atoms with Gasteiger partial charge in [0, 0.05) is 5.56 Å². The van der Waals surface area contributed by atoms with Gasteiger partial charge in [0.2, 0.25) is 5.91 Å². The molecule has 6 heteroatoms. The fraction of sp³-hybridized carbons (Fsp3) is 0.0690. The van der Waals surface area contributed by atoms with Gasteiger partial charge in [-0.05, 0) is 46.2 Å². The first kappa shape index (κ1) is 22.3. The van der Waals surface area contributed by atoms with Crippen molar-refractivity contribution in [1.29, 1.82) is 0 Å². The summed E-state index contributed by atoms with van der Waals surface area (Å²) >= 11 is 0. The zero-order chi connectivity index (χ0) is 24.2. The molecule has 0 saturated heterocycles. The molecule has 1 heterocycles. The first-order valence-corrected chi connectivity index (χ1v) is 11.2. The quantitative estimate of drug-likeness (QED) is 0.320. The van der Waals surface area contributed by atoms with Crippen LogP contribution in [0.5, 0.6) is 5.75 Å². The van der Waals surface area contributed by atoms with Crippen LogP contribution in [0.3, 0.4) is 0 Å². The lowest BCUT2D eigenvalue weighted by Crippen LogP contribution is -2.19. The second-order valence-corrected chi connectivity index (χ2v) is 8.26. The van der Waals surface area contributed by atoms with E-state index < -0.39 is 6.10 Å². The van der Waals surface area contributed by atoms with E-state index in [2.05, 4.69) is 15.3 Å². The van der Waals surface area contributed by atoms with Gasteiger partial charge in [-0.1, -0.05) is 72.8 Å². The lowest BCUT2D eigenvalue weighted by molar-refractivity contribution is -0.115. The number of phenolic OH excluding ortho intramolecular Hbond substituents is 1. The van der Waals surface area contributed by atoms with E-state index in [4.69, 9.17) is 0 Å². The molecule has 0 aliphatic heterocycles. The van der Waals surface area contributed by atoms with Crippen molar-refractivity contribution in [2.45, 2.75) is 12.5 Å². The monoisotopic (exact) mass is 461 g/mol. The fourth-order valence-corrected chi connectivity index (χ4v) is 3.97. The second kappa shape index (κ2) is 9.75. The highest BCUT2D eigenvalue weighted by molar-refractivity contribution is 5.93. The molecule has 0 fully saturated rings. The van der Waals surface area contributed by atoms with Crippen LogP contribution in [0, 0.1) is 0 Å². The standard InChI is InChI=1S/C29H23N3O3/c33-24-14-12-21(13-15-24)25-18-30-29(27(31-25)28(35)22-7-2-1-3-8-22)32-26(34)17-19-10-11-20-6-4-5-9-23(20)16-19/h1-16,18,28,33,35H,17H2,(H,30,32,34). The maximum atomic E-state index is 12.9. The van der Waals surface area contributed by atoms with E-state index in [-0.39, 0.29) is 29.6 Å². The highest BCUT2D eigenvalue weighted by atomic mass is 16.3. The van der Waals surface area contributed by atoms with E-state index in [1.54, 1.807) is 42.6 Å².